The maximum atomic E-state index is 11.4. The number of nitro groups is 1. The van der Waals surface area contributed by atoms with Crippen LogP contribution in [0.15, 0.2) is 23.1 Å². The topological polar surface area (TPSA) is 95.7 Å². The van der Waals surface area contributed by atoms with E-state index in [0.29, 0.717) is 13.2 Å². The van der Waals surface area contributed by atoms with Crippen molar-refractivity contribution in [3.8, 4) is 5.75 Å². The number of hydrogen-bond donors (Lipinski definition) is 0. The van der Waals surface area contributed by atoms with Crippen LogP contribution in [0.3, 0.4) is 0 Å². The molecular weight excluding hydrogens is 322 g/mol. The first kappa shape index (κ1) is 17.7. The van der Waals surface area contributed by atoms with E-state index in [2.05, 4.69) is 0 Å². The van der Waals surface area contributed by atoms with Gasteiger partial charge in [-0.1, -0.05) is 13.3 Å². The van der Waals surface area contributed by atoms with Gasteiger partial charge in [-0.05, 0) is 12.5 Å². The van der Waals surface area contributed by atoms with Gasteiger partial charge in [0.15, 0.2) is 0 Å². The Morgan fingerprint density at radius 1 is 1.29 bits per heavy atom. The number of ether oxygens (including phenoxy) is 2. The van der Waals surface area contributed by atoms with Crippen molar-refractivity contribution in [3.05, 3.63) is 28.3 Å². The third kappa shape index (κ3) is 5.86. The normalized spacial score (nSPS) is 11.3. The van der Waals surface area contributed by atoms with E-state index in [9.17, 15) is 18.5 Å². The van der Waals surface area contributed by atoms with Crippen molar-refractivity contribution in [2.75, 3.05) is 19.8 Å². The predicted molar refractivity (Wildman–Crippen MR) is 77.4 cm³/mol. The van der Waals surface area contributed by atoms with Crippen LogP contribution >= 0.6 is 10.7 Å². The summed E-state index contributed by atoms with van der Waals surface area (Å²) in [6.45, 7) is 3.05. The van der Waals surface area contributed by atoms with Crippen LogP contribution in [0.1, 0.15) is 19.8 Å². The van der Waals surface area contributed by atoms with Crippen molar-refractivity contribution < 1.29 is 22.8 Å². The molecule has 21 heavy (non-hydrogen) atoms. The number of non-ortho nitro benzene ring substituents is 1. The molecular formula is C12H16ClNO6S. The molecule has 1 rings (SSSR count). The first-order valence-corrected chi connectivity index (χ1v) is 8.61. The number of benzene rings is 1. The second kappa shape index (κ2) is 8.16. The van der Waals surface area contributed by atoms with Gasteiger partial charge in [-0.2, -0.15) is 0 Å². The average Bonchev–Trinajstić information content (AvgIpc) is 2.41. The summed E-state index contributed by atoms with van der Waals surface area (Å²) in [5.74, 6) is -0.0327. The van der Waals surface area contributed by atoms with E-state index in [1.54, 1.807) is 0 Å². The van der Waals surface area contributed by atoms with E-state index in [0.717, 1.165) is 25.0 Å². The molecule has 0 amide bonds. The van der Waals surface area contributed by atoms with Crippen LogP contribution in [-0.4, -0.2) is 33.2 Å². The summed E-state index contributed by atoms with van der Waals surface area (Å²) < 4.78 is 33.4. The van der Waals surface area contributed by atoms with Crippen LogP contribution in [0.25, 0.3) is 0 Å². The standard InChI is InChI=1S/C12H16ClNO6S/c1-2-3-6-19-7-8-20-11-5-4-10(14(15)16)9-12(11)21(13,17)18/h4-5,9H,2-3,6-8H2,1H3. The summed E-state index contributed by atoms with van der Waals surface area (Å²) in [5, 5.41) is 10.7. The lowest BCUT2D eigenvalue weighted by Gasteiger charge is -2.09. The quantitative estimate of drug-likeness (QED) is 0.297. The van der Waals surface area contributed by atoms with Crippen molar-refractivity contribution >= 4 is 25.4 Å². The molecule has 1 aromatic carbocycles. The van der Waals surface area contributed by atoms with Crippen LogP contribution in [-0.2, 0) is 13.8 Å². The SMILES string of the molecule is CCCCOCCOc1ccc([N+](=O)[O-])cc1S(=O)(=O)Cl. The molecule has 0 atom stereocenters. The number of rotatable bonds is 9. The van der Waals surface area contributed by atoms with Gasteiger partial charge >= 0.3 is 0 Å². The number of unbranched alkanes of at least 4 members (excludes halogenated alkanes) is 1. The van der Waals surface area contributed by atoms with Crippen molar-refractivity contribution in [2.45, 2.75) is 24.7 Å². The molecule has 0 bridgehead atoms. The lowest BCUT2D eigenvalue weighted by molar-refractivity contribution is -0.385. The first-order valence-electron chi connectivity index (χ1n) is 6.30. The molecule has 0 saturated heterocycles. The molecule has 0 fully saturated rings. The van der Waals surface area contributed by atoms with Crippen molar-refractivity contribution in [3.63, 3.8) is 0 Å². The Kier molecular flexibility index (Phi) is 6.86. The van der Waals surface area contributed by atoms with Gasteiger partial charge in [0, 0.05) is 29.4 Å². The largest absolute Gasteiger partial charge is 0.490 e. The summed E-state index contributed by atoms with van der Waals surface area (Å²) in [6.07, 6.45) is 1.94. The van der Waals surface area contributed by atoms with Crippen LogP contribution < -0.4 is 4.74 Å². The van der Waals surface area contributed by atoms with Gasteiger partial charge in [0.25, 0.3) is 14.7 Å². The first-order chi connectivity index (χ1) is 9.86. The Balaban J connectivity index is 2.75. The molecule has 0 spiro atoms. The van der Waals surface area contributed by atoms with Crippen LogP contribution in [0, 0.1) is 10.1 Å². The van der Waals surface area contributed by atoms with E-state index in [-0.39, 0.29) is 18.0 Å². The van der Waals surface area contributed by atoms with Gasteiger partial charge in [0.1, 0.15) is 17.3 Å². The monoisotopic (exact) mass is 337 g/mol. The highest BCUT2D eigenvalue weighted by Gasteiger charge is 2.21. The molecule has 0 aliphatic carbocycles. The Labute approximate surface area is 127 Å². The zero-order valence-electron chi connectivity index (χ0n) is 11.5. The minimum atomic E-state index is -4.14. The lowest BCUT2D eigenvalue weighted by atomic mass is 10.3. The minimum absolute atomic E-state index is 0.0327. The molecule has 0 N–H and O–H groups in total. The molecule has 0 heterocycles. The Bertz CT molecular complexity index is 589. The van der Waals surface area contributed by atoms with Crippen molar-refractivity contribution in [1.29, 1.82) is 0 Å². The highest BCUT2D eigenvalue weighted by atomic mass is 35.7. The maximum absolute atomic E-state index is 11.4. The fourth-order valence-corrected chi connectivity index (χ4v) is 2.47. The highest BCUT2D eigenvalue weighted by Crippen LogP contribution is 2.30. The number of hydrogen-bond acceptors (Lipinski definition) is 6. The van der Waals surface area contributed by atoms with Gasteiger partial charge in [0.2, 0.25) is 0 Å². The van der Waals surface area contributed by atoms with Gasteiger partial charge in [0.05, 0.1) is 11.5 Å². The third-order valence-corrected chi connectivity index (χ3v) is 3.87. The summed E-state index contributed by atoms with van der Waals surface area (Å²) >= 11 is 0. The summed E-state index contributed by atoms with van der Waals surface area (Å²) in [4.78, 5) is 9.53. The summed E-state index contributed by atoms with van der Waals surface area (Å²) in [5.41, 5.74) is -0.374. The van der Waals surface area contributed by atoms with Gasteiger partial charge in [-0.3, -0.25) is 10.1 Å². The number of halogens is 1. The number of nitro benzene ring substituents is 1. The molecule has 9 heteroatoms. The van der Waals surface area contributed by atoms with Crippen LogP contribution in [0.5, 0.6) is 5.75 Å². The molecule has 0 unspecified atom stereocenters. The zero-order valence-corrected chi connectivity index (χ0v) is 13.0. The smallest absolute Gasteiger partial charge is 0.271 e. The van der Waals surface area contributed by atoms with E-state index in [1.165, 1.54) is 6.07 Å². The predicted octanol–water partition coefficient (Wildman–Crippen LogP) is 2.72. The molecule has 0 saturated carbocycles. The highest BCUT2D eigenvalue weighted by molar-refractivity contribution is 8.13. The van der Waals surface area contributed by atoms with E-state index >= 15 is 0 Å². The average molecular weight is 338 g/mol. The third-order valence-electron chi connectivity index (χ3n) is 2.53. The Morgan fingerprint density at radius 3 is 2.57 bits per heavy atom. The van der Waals surface area contributed by atoms with E-state index in [1.807, 2.05) is 6.92 Å². The Morgan fingerprint density at radius 2 is 2.00 bits per heavy atom. The lowest BCUT2D eigenvalue weighted by Crippen LogP contribution is -2.09. The van der Waals surface area contributed by atoms with Crippen molar-refractivity contribution in [1.82, 2.24) is 0 Å². The second-order valence-electron chi connectivity index (χ2n) is 4.14. The fraction of sp³-hybridized carbons (Fsp3) is 0.500. The van der Waals surface area contributed by atoms with E-state index < -0.39 is 18.9 Å². The minimum Gasteiger partial charge on any atom is -0.490 e. The molecule has 118 valence electrons. The second-order valence-corrected chi connectivity index (χ2v) is 6.67. The molecule has 0 aliphatic rings. The summed E-state index contributed by atoms with van der Waals surface area (Å²) in [6, 6.07) is 3.23. The molecule has 0 aromatic heterocycles. The Hall–Kier alpha value is -1.38. The van der Waals surface area contributed by atoms with Crippen molar-refractivity contribution in [2.24, 2.45) is 0 Å². The van der Waals surface area contributed by atoms with Gasteiger partial charge < -0.3 is 9.47 Å². The molecule has 7 nitrogen and oxygen atoms in total. The zero-order chi connectivity index (χ0) is 15.9. The molecule has 1 aromatic rings. The van der Waals surface area contributed by atoms with Crippen LogP contribution in [0.2, 0.25) is 0 Å². The van der Waals surface area contributed by atoms with Gasteiger partial charge in [-0.25, -0.2) is 8.42 Å². The van der Waals surface area contributed by atoms with Crippen LogP contribution in [0.4, 0.5) is 5.69 Å². The maximum Gasteiger partial charge on any atom is 0.271 e. The van der Waals surface area contributed by atoms with E-state index in [4.69, 9.17) is 20.2 Å². The molecule has 0 radical (unpaired) electrons. The van der Waals surface area contributed by atoms with Gasteiger partial charge in [-0.15, -0.1) is 0 Å². The fourth-order valence-electron chi connectivity index (χ4n) is 1.48. The number of nitrogens with zero attached hydrogens (tertiary/aromatic N) is 1. The molecule has 0 aliphatic heterocycles. The summed E-state index contributed by atoms with van der Waals surface area (Å²) in [7, 11) is 1.12.